The van der Waals surface area contributed by atoms with Gasteiger partial charge >= 0.3 is 11.6 Å². The minimum absolute atomic E-state index is 0.00334. The molecule has 0 fully saturated rings. The Morgan fingerprint density at radius 3 is 2.73 bits per heavy atom. The molecule has 2 aromatic heterocycles. The van der Waals surface area contributed by atoms with Crippen molar-refractivity contribution in [3.63, 3.8) is 0 Å². The number of ether oxygens (including phenoxy) is 1. The second kappa shape index (κ2) is 7.77. The summed E-state index contributed by atoms with van der Waals surface area (Å²) in [5, 5.41) is 0.759. The van der Waals surface area contributed by atoms with Crippen LogP contribution in [0, 0.1) is 0 Å². The van der Waals surface area contributed by atoms with E-state index in [4.69, 9.17) is 9.15 Å². The first-order chi connectivity index (χ1) is 12.6. The van der Waals surface area contributed by atoms with Crippen molar-refractivity contribution < 1.29 is 13.9 Å². The van der Waals surface area contributed by atoms with E-state index >= 15 is 0 Å². The zero-order chi connectivity index (χ0) is 18.5. The molecule has 134 valence electrons. The van der Waals surface area contributed by atoms with Crippen molar-refractivity contribution in [1.82, 2.24) is 9.97 Å². The molecule has 0 saturated carbocycles. The van der Waals surface area contributed by atoms with Gasteiger partial charge in [0.05, 0.1) is 0 Å². The molecule has 3 aromatic rings. The van der Waals surface area contributed by atoms with Crippen LogP contribution in [0.25, 0.3) is 11.0 Å². The Morgan fingerprint density at radius 2 is 2.00 bits per heavy atom. The van der Waals surface area contributed by atoms with E-state index < -0.39 is 11.6 Å². The molecular formula is C19H19N3O4. The van der Waals surface area contributed by atoms with E-state index in [-0.39, 0.29) is 13.2 Å². The second-order valence-corrected chi connectivity index (χ2v) is 5.84. The molecule has 0 N–H and O–H groups in total. The summed E-state index contributed by atoms with van der Waals surface area (Å²) in [6.07, 6.45) is 4.04. The summed E-state index contributed by atoms with van der Waals surface area (Å²) in [6.45, 7) is 2.02. The Balaban J connectivity index is 1.71. The summed E-state index contributed by atoms with van der Waals surface area (Å²) in [4.78, 5) is 33.6. The third-order valence-corrected chi connectivity index (χ3v) is 3.95. The predicted octanol–water partition coefficient (Wildman–Crippen LogP) is 2.33. The number of hydrogen-bond donors (Lipinski definition) is 0. The Kier molecular flexibility index (Phi) is 5.26. The molecule has 1 aromatic carbocycles. The first kappa shape index (κ1) is 17.6. The standard InChI is InChI=1S/C19H19N3O4/c1-3-13-5-6-15-14(10-17(23)26-16(15)9-13)12-25-18(24)11-22(2)19-20-7-4-8-21-19/h4-10H,3,11-12H2,1-2H3. The van der Waals surface area contributed by atoms with Gasteiger partial charge in [-0.1, -0.05) is 19.1 Å². The number of fused-ring (bicyclic) bond motifs is 1. The third kappa shape index (κ3) is 4.05. The van der Waals surface area contributed by atoms with Crippen LogP contribution in [0.4, 0.5) is 5.95 Å². The van der Waals surface area contributed by atoms with Crippen molar-refractivity contribution >= 4 is 22.9 Å². The van der Waals surface area contributed by atoms with Crippen molar-refractivity contribution in [3.05, 3.63) is 64.3 Å². The van der Waals surface area contributed by atoms with Crippen LogP contribution in [-0.4, -0.2) is 29.5 Å². The molecule has 0 amide bonds. The molecule has 0 atom stereocenters. The molecule has 0 saturated heterocycles. The van der Waals surface area contributed by atoms with Gasteiger partial charge in [0.1, 0.15) is 18.7 Å². The Morgan fingerprint density at radius 1 is 1.23 bits per heavy atom. The highest BCUT2D eigenvalue weighted by Crippen LogP contribution is 2.20. The number of esters is 1. The zero-order valence-electron chi connectivity index (χ0n) is 14.6. The van der Waals surface area contributed by atoms with Crippen LogP contribution in [0.3, 0.4) is 0 Å². The number of likely N-dealkylation sites (N-methyl/N-ethyl adjacent to an activating group) is 1. The maximum Gasteiger partial charge on any atom is 0.336 e. The van der Waals surface area contributed by atoms with E-state index in [1.54, 1.807) is 30.4 Å². The lowest BCUT2D eigenvalue weighted by molar-refractivity contribution is -0.143. The minimum atomic E-state index is -0.466. The number of aromatic nitrogens is 2. The maximum atomic E-state index is 12.1. The molecule has 2 heterocycles. The van der Waals surface area contributed by atoms with Gasteiger partial charge in [0, 0.05) is 36.5 Å². The van der Waals surface area contributed by atoms with Crippen molar-refractivity contribution in [2.45, 2.75) is 20.0 Å². The topological polar surface area (TPSA) is 85.5 Å². The average molecular weight is 353 g/mol. The largest absolute Gasteiger partial charge is 0.459 e. The number of anilines is 1. The van der Waals surface area contributed by atoms with Gasteiger partial charge in [-0.15, -0.1) is 0 Å². The van der Waals surface area contributed by atoms with Crippen molar-refractivity contribution in [2.24, 2.45) is 0 Å². The molecule has 0 radical (unpaired) electrons. The van der Waals surface area contributed by atoms with Crippen molar-refractivity contribution in [1.29, 1.82) is 0 Å². The molecule has 0 aliphatic rings. The Hall–Kier alpha value is -3.22. The van der Waals surface area contributed by atoms with Gasteiger partial charge in [0.15, 0.2) is 0 Å². The quantitative estimate of drug-likeness (QED) is 0.496. The highest BCUT2D eigenvalue weighted by atomic mass is 16.5. The molecule has 7 heteroatoms. The lowest BCUT2D eigenvalue weighted by atomic mass is 10.1. The summed E-state index contributed by atoms with van der Waals surface area (Å²) in [5.41, 5.74) is 1.72. The predicted molar refractivity (Wildman–Crippen MR) is 97.0 cm³/mol. The highest BCUT2D eigenvalue weighted by molar-refractivity contribution is 5.81. The SMILES string of the molecule is CCc1ccc2c(COC(=O)CN(C)c3ncccn3)cc(=O)oc2c1. The van der Waals surface area contributed by atoms with E-state index in [9.17, 15) is 9.59 Å². The normalized spacial score (nSPS) is 10.7. The number of benzene rings is 1. The summed E-state index contributed by atoms with van der Waals surface area (Å²) in [5.74, 6) is -0.00567. The van der Waals surface area contributed by atoms with Gasteiger partial charge in [0.25, 0.3) is 0 Å². The smallest absolute Gasteiger partial charge is 0.336 e. The van der Waals surface area contributed by atoms with E-state index in [0.717, 1.165) is 17.4 Å². The fourth-order valence-electron chi connectivity index (χ4n) is 2.57. The lowest BCUT2D eigenvalue weighted by Gasteiger charge is -2.15. The van der Waals surface area contributed by atoms with Gasteiger partial charge in [-0.25, -0.2) is 14.8 Å². The lowest BCUT2D eigenvalue weighted by Crippen LogP contribution is -2.28. The van der Waals surface area contributed by atoms with Crippen molar-refractivity contribution in [3.8, 4) is 0 Å². The summed E-state index contributed by atoms with van der Waals surface area (Å²) in [6, 6.07) is 8.73. The van der Waals surface area contributed by atoms with Crippen LogP contribution in [0.5, 0.6) is 0 Å². The first-order valence-corrected chi connectivity index (χ1v) is 8.26. The van der Waals surface area contributed by atoms with Gasteiger partial charge in [-0.3, -0.25) is 4.79 Å². The van der Waals surface area contributed by atoms with E-state index in [2.05, 4.69) is 9.97 Å². The molecule has 0 aliphatic carbocycles. The van der Waals surface area contributed by atoms with E-state index in [1.165, 1.54) is 6.07 Å². The Bertz CT molecular complexity index is 969. The van der Waals surface area contributed by atoms with Gasteiger partial charge in [-0.2, -0.15) is 0 Å². The number of carbonyl (C=O) groups excluding carboxylic acids is 1. The van der Waals surface area contributed by atoms with E-state index in [0.29, 0.717) is 17.1 Å². The number of aryl methyl sites for hydroxylation is 1. The van der Waals surface area contributed by atoms with E-state index in [1.807, 2.05) is 25.1 Å². The van der Waals surface area contributed by atoms with Crippen LogP contribution < -0.4 is 10.5 Å². The van der Waals surface area contributed by atoms with Crippen LogP contribution >= 0.6 is 0 Å². The fourth-order valence-corrected chi connectivity index (χ4v) is 2.57. The minimum Gasteiger partial charge on any atom is -0.459 e. The zero-order valence-corrected chi connectivity index (χ0v) is 14.6. The number of carbonyl (C=O) groups is 1. The molecule has 0 bridgehead atoms. The molecular weight excluding hydrogens is 334 g/mol. The molecule has 7 nitrogen and oxygen atoms in total. The molecule has 3 rings (SSSR count). The van der Waals surface area contributed by atoms with Gasteiger partial charge in [0.2, 0.25) is 5.95 Å². The van der Waals surface area contributed by atoms with Gasteiger partial charge < -0.3 is 14.1 Å². The first-order valence-electron chi connectivity index (χ1n) is 8.26. The summed E-state index contributed by atoms with van der Waals surface area (Å²) >= 11 is 0. The molecule has 0 unspecified atom stereocenters. The number of nitrogens with zero attached hydrogens (tertiary/aromatic N) is 3. The highest BCUT2D eigenvalue weighted by Gasteiger charge is 2.13. The van der Waals surface area contributed by atoms with Crippen LogP contribution in [0.15, 0.2) is 51.9 Å². The van der Waals surface area contributed by atoms with Crippen LogP contribution in [0.1, 0.15) is 18.1 Å². The summed E-state index contributed by atoms with van der Waals surface area (Å²) < 4.78 is 10.6. The van der Waals surface area contributed by atoms with Crippen LogP contribution in [-0.2, 0) is 22.6 Å². The fraction of sp³-hybridized carbons (Fsp3) is 0.263. The van der Waals surface area contributed by atoms with Crippen LogP contribution in [0.2, 0.25) is 0 Å². The average Bonchev–Trinajstić information content (AvgIpc) is 2.66. The Labute approximate surface area is 150 Å². The summed E-state index contributed by atoms with van der Waals surface area (Å²) in [7, 11) is 1.70. The molecule has 0 aliphatic heterocycles. The third-order valence-electron chi connectivity index (χ3n) is 3.95. The monoisotopic (exact) mass is 353 g/mol. The molecule has 0 spiro atoms. The van der Waals surface area contributed by atoms with Gasteiger partial charge in [-0.05, 0) is 24.1 Å². The maximum absolute atomic E-state index is 12.1. The number of rotatable bonds is 6. The molecule has 26 heavy (non-hydrogen) atoms. The second-order valence-electron chi connectivity index (χ2n) is 5.84. The van der Waals surface area contributed by atoms with Crippen molar-refractivity contribution in [2.75, 3.05) is 18.5 Å². The number of hydrogen-bond acceptors (Lipinski definition) is 7.